The van der Waals surface area contributed by atoms with Crippen LogP contribution in [0.25, 0.3) is 10.8 Å². The zero-order valence-corrected chi connectivity index (χ0v) is 29.3. The molecule has 1 aromatic heterocycles. The maximum atomic E-state index is 14.2. The van der Waals surface area contributed by atoms with Gasteiger partial charge in [-0.3, -0.25) is 19.1 Å². The van der Waals surface area contributed by atoms with Gasteiger partial charge in [-0.1, -0.05) is 37.3 Å². The number of benzene rings is 1. The quantitative estimate of drug-likeness (QED) is 0.347. The van der Waals surface area contributed by atoms with E-state index in [-0.39, 0.29) is 37.8 Å². The number of sulfonamides is 1. The Hall–Kier alpha value is -3.75. The fourth-order valence-electron chi connectivity index (χ4n) is 7.20. The van der Waals surface area contributed by atoms with Crippen molar-refractivity contribution in [2.24, 2.45) is 23.5 Å². The third kappa shape index (κ3) is 6.87. The van der Waals surface area contributed by atoms with Crippen LogP contribution in [0.1, 0.15) is 58.8 Å². The molecule has 4 aliphatic rings. The van der Waals surface area contributed by atoms with Gasteiger partial charge in [0.2, 0.25) is 27.7 Å². The number of pyridine rings is 1. The van der Waals surface area contributed by atoms with Gasteiger partial charge < -0.3 is 30.2 Å². The molecule has 1 aromatic carbocycles. The Labute approximate surface area is 287 Å². The van der Waals surface area contributed by atoms with E-state index in [1.54, 1.807) is 27.3 Å². The molecule has 2 aliphatic heterocycles. The first-order valence-electron chi connectivity index (χ1n) is 17.0. The highest BCUT2D eigenvalue weighted by Crippen LogP contribution is 2.47. The van der Waals surface area contributed by atoms with Crippen molar-refractivity contribution in [3.05, 3.63) is 42.6 Å². The topological polar surface area (TPSA) is 179 Å². The molecular formula is C35H47N5O8S. The molecule has 49 heavy (non-hydrogen) atoms. The molecule has 2 aliphatic carbocycles. The lowest BCUT2D eigenvalue weighted by atomic mass is 9.87. The Bertz CT molecular complexity index is 1750. The minimum atomic E-state index is -3.95. The molecule has 14 heteroatoms. The summed E-state index contributed by atoms with van der Waals surface area (Å²) >= 11 is 0. The van der Waals surface area contributed by atoms with Crippen LogP contribution in [-0.4, -0.2) is 91.9 Å². The van der Waals surface area contributed by atoms with Crippen molar-refractivity contribution in [3.63, 3.8) is 0 Å². The number of methoxy groups -OCH3 is 2. The Balaban J connectivity index is 1.32. The van der Waals surface area contributed by atoms with Crippen LogP contribution < -0.4 is 25.2 Å². The molecule has 4 N–H and O–H groups in total. The van der Waals surface area contributed by atoms with E-state index in [1.165, 1.54) is 4.90 Å². The second-order valence-electron chi connectivity index (χ2n) is 14.4. The summed E-state index contributed by atoms with van der Waals surface area (Å²) in [7, 11) is -0.819. The molecule has 266 valence electrons. The van der Waals surface area contributed by atoms with Crippen molar-refractivity contribution in [1.29, 1.82) is 0 Å². The Kier molecular flexibility index (Phi) is 9.68. The van der Waals surface area contributed by atoms with Gasteiger partial charge in [0.15, 0.2) is 0 Å². The van der Waals surface area contributed by atoms with E-state index in [1.807, 2.05) is 36.4 Å². The predicted molar refractivity (Wildman–Crippen MR) is 182 cm³/mol. The number of carbonyl (C=O) groups is 3. The lowest BCUT2D eigenvalue weighted by Crippen LogP contribution is -2.58. The first kappa shape index (κ1) is 35.1. The number of hydrogen-bond acceptors (Lipinski definition) is 10. The lowest BCUT2D eigenvalue weighted by Gasteiger charge is -2.31. The second kappa shape index (κ2) is 13.5. The van der Waals surface area contributed by atoms with Gasteiger partial charge >= 0.3 is 0 Å². The molecular weight excluding hydrogens is 650 g/mol. The van der Waals surface area contributed by atoms with E-state index in [4.69, 9.17) is 19.9 Å². The number of hydrogen-bond donors (Lipinski definition) is 3. The monoisotopic (exact) mass is 697 g/mol. The van der Waals surface area contributed by atoms with Gasteiger partial charge in [0.1, 0.15) is 23.4 Å². The van der Waals surface area contributed by atoms with E-state index in [0.717, 1.165) is 11.8 Å². The van der Waals surface area contributed by atoms with Gasteiger partial charge in [0, 0.05) is 36.1 Å². The Morgan fingerprint density at radius 1 is 1.16 bits per heavy atom. The van der Waals surface area contributed by atoms with E-state index in [9.17, 15) is 22.8 Å². The number of rotatable bonds is 8. The molecule has 3 fully saturated rings. The molecule has 1 unspecified atom stereocenters. The van der Waals surface area contributed by atoms with Gasteiger partial charge in [0.25, 0.3) is 5.91 Å². The lowest BCUT2D eigenvalue weighted by molar-refractivity contribution is -0.141. The van der Waals surface area contributed by atoms with Crippen LogP contribution in [-0.2, 0) is 29.1 Å². The van der Waals surface area contributed by atoms with Crippen LogP contribution >= 0.6 is 0 Å². The third-order valence-corrected chi connectivity index (χ3v) is 12.9. The SMILES string of the molecule is COC[C@@H]1CC(C)CC/C=C\[C@@H]2C[C@@]2(C(=O)NS(=O)(=O)C2(C)CC2)NC(=O)[C@@H]2C[C@@H](Oc3ncc(OC)c4ccccc34)CN2C(=O)[C@H]1N. The summed E-state index contributed by atoms with van der Waals surface area (Å²) in [5.74, 6) is -1.35. The van der Waals surface area contributed by atoms with Gasteiger partial charge in [-0.25, -0.2) is 13.4 Å². The highest BCUT2D eigenvalue weighted by atomic mass is 32.2. The maximum Gasteiger partial charge on any atom is 0.259 e. The van der Waals surface area contributed by atoms with E-state index in [2.05, 4.69) is 21.9 Å². The molecule has 0 radical (unpaired) electrons. The molecule has 1 saturated heterocycles. The molecule has 2 aromatic rings. The molecule has 6 rings (SSSR count). The normalized spacial score (nSPS) is 32.1. The van der Waals surface area contributed by atoms with E-state index >= 15 is 0 Å². The largest absolute Gasteiger partial charge is 0.494 e. The van der Waals surface area contributed by atoms with Crippen LogP contribution in [0, 0.1) is 17.8 Å². The number of nitrogens with two attached hydrogens (primary N) is 1. The summed E-state index contributed by atoms with van der Waals surface area (Å²) in [5.41, 5.74) is 5.20. The number of ether oxygens (including phenoxy) is 3. The average molecular weight is 698 g/mol. The highest BCUT2D eigenvalue weighted by molar-refractivity contribution is 7.91. The number of allylic oxidation sites excluding steroid dienone is 1. The molecule has 0 spiro atoms. The molecule has 2 saturated carbocycles. The summed E-state index contributed by atoms with van der Waals surface area (Å²) in [6.07, 6.45) is 8.23. The van der Waals surface area contributed by atoms with E-state index < -0.39 is 62.1 Å². The first-order valence-corrected chi connectivity index (χ1v) is 18.5. The number of carbonyl (C=O) groups excluding carboxylic acids is 3. The fraction of sp³-hybridized carbons (Fsp3) is 0.600. The average Bonchev–Trinajstić information content (AvgIpc) is 3.96. The molecule has 0 bridgehead atoms. The van der Waals surface area contributed by atoms with Crippen molar-refractivity contribution in [3.8, 4) is 11.6 Å². The Morgan fingerprint density at radius 3 is 2.59 bits per heavy atom. The van der Waals surface area contributed by atoms with Crippen molar-refractivity contribution >= 4 is 38.5 Å². The van der Waals surface area contributed by atoms with Crippen LogP contribution in [0.5, 0.6) is 11.6 Å². The smallest absolute Gasteiger partial charge is 0.259 e. The van der Waals surface area contributed by atoms with Gasteiger partial charge in [-0.15, -0.1) is 0 Å². The number of amides is 3. The van der Waals surface area contributed by atoms with Gasteiger partial charge in [-0.2, -0.15) is 0 Å². The number of fused-ring (bicyclic) bond motifs is 3. The molecule has 13 nitrogen and oxygen atoms in total. The van der Waals surface area contributed by atoms with Crippen molar-refractivity contribution < 1.29 is 37.0 Å². The minimum Gasteiger partial charge on any atom is -0.494 e. The summed E-state index contributed by atoms with van der Waals surface area (Å²) in [6.45, 7) is 4.03. The van der Waals surface area contributed by atoms with E-state index in [0.29, 0.717) is 42.7 Å². The number of nitrogens with zero attached hydrogens (tertiary/aromatic N) is 2. The molecule has 3 heterocycles. The van der Waals surface area contributed by atoms with Crippen molar-refractivity contribution in [2.45, 2.75) is 87.3 Å². The molecule has 7 atom stereocenters. The van der Waals surface area contributed by atoms with Crippen LogP contribution in [0.4, 0.5) is 0 Å². The summed E-state index contributed by atoms with van der Waals surface area (Å²) < 4.78 is 44.8. The summed E-state index contributed by atoms with van der Waals surface area (Å²) in [6, 6.07) is 5.50. The fourth-order valence-corrected chi connectivity index (χ4v) is 8.51. The predicted octanol–water partition coefficient (Wildman–Crippen LogP) is 2.43. The zero-order chi connectivity index (χ0) is 35.1. The zero-order valence-electron chi connectivity index (χ0n) is 28.5. The van der Waals surface area contributed by atoms with Crippen molar-refractivity contribution in [2.75, 3.05) is 27.4 Å². The number of nitrogens with one attached hydrogen (secondary N) is 2. The Morgan fingerprint density at radius 2 is 1.90 bits per heavy atom. The standard InChI is InChI=1S/C35H47N5O8S/c1-21-9-5-6-10-23-17-35(23,33(43)39-49(44,45)34(2)13-14-34)38-30(41)27-16-24(19-40(27)32(42)29(36)22(15-21)20-46-3)48-31-26-12-8-7-11-25(26)28(47-4)18-37-31/h6-8,10-12,18,21-24,27,29H,5,9,13-17,19-20,36H2,1-4H3,(H,38,41)(H,39,43)/b10-6-/t21?,22-,23+,24+,27-,29-,35+/m0/s1. The van der Waals surface area contributed by atoms with Crippen LogP contribution in [0.15, 0.2) is 42.6 Å². The highest BCUT2D eigenvalue weighted by Gasteiger charge is 2.63. The van der Waals surface area contributed by atoms with Gasteiger partial charge in [-0.05, 0) is 57.4 Å². The second-order valence-corrected chi connectivity index (χ2v) is 16.6. The summed E-state index contributed by atoms with van der Waals surface area (Å²) in [4.78, 5) is 48.1. The van der Waals surface area contributed by atoms with Crippen molar-refractivity contribution in [1.82, 2.24) is 19.9 Å². The maximum absolute atomic E-state index is 14.2. The third-order valence-electron chi connectivity index (χ3n) is 10.7. The van der Waals surface area contributed by atoms with Crippen LogP contribution in [0.2, 0.25) is 0 Å². The number of aromatic nitrogens is 1. The van der Waals surface area contributed by atoms with Crippen LogP contribution in [0.3, 0.4) is 0 Å². The first-order chi connectivity index (χ1) is 23.3. The van der Waals surface area contributed by atoms with Gasteiger partial charge in [0.05, 0.1) is 37.2 Å². The molecule has 3 amide bonds. The minimum absolute atomic E-state index is 0.0528. The summed E-state index contributed by atoms with van der Waals surface area (Å²) in [5, 5.41) is 4.41.